The van der Waals surface area contributed by atoms with Crippen molar-refractivity contribution >= 4 is 13.3 Å². The number of urea groups is 1. The van der Waals surface area contributed by atoms with E-state index in [1.165, 1.54) is 9.80 Å². The Kier molecular flexibility index (Phi) is 9.73. The normalized spacial score (nSPS) is 9.33. The van der Waals surface area contributed by atoms with Gasteiger partial charge in [-0.05, 0) is 12.1 Å². The Hall–Kier alpha value is -1.67. The molecule has 4 nitrogen and oxygen atoms in total. The van der Waals surface area contributed by atoms with Crippen LogP contribution in [0.25, 0.3) is 0 Å². The smallest absolute Gasteiger partial charge is 0.418 e. The van der Waals surface area contributed by atoms with Crippen molar-refractivity contribution < 1.29 is 22.1 Å². The highest BCUT2D eigenvalue weighted by atomic mass is 19.5. The maximum Gasteiger partial charge on any atom is 0.673 e. The molecule has 0 aliphatic rings. The number of nitrogens with zero attached hydrogens (tertiary/aromatic N) is 2. The Balaban J connectivity index is 0. The highest BCUT2D eigenvalue weighted by Crippen LogP contribution is 2.06. The quantitative estimate of drug-likeness (QED) is 0.571. The first-order valence-corrected chi connectivity index (χ1v) is 4.89. The zero-order valence-corrected chi connectivity index (χ0v) is 10.7. The van der Waals surface area contributed by atoms with Crippen molar-refractivity contribution in [3.8, 4) is 0 Å². The molecule has 18 heavy (non-hydrogen) atoms. The Morgan fingerprint density at radius 3 is 1.28 bits per heavy atom. The van der Waals surface area contributed by atoms with E-state index in [4.69, 9.17) is 0 Å². The molecular formula is C9H17BF4N3O-. The van der Waals surface area contributed by atoms with Gasteiger partial charge in [-0.2, -0.15) is 0 Å². The molecule has 0 radical (unpaired) electrons. The summed E-state index contributed by atoms with van der Waals surface area (Å²) < 4.78 is 39.0. The van der Waals surface area contributed by atoms with Gasteiger partial charge < -0.3 is 32.0 Å². The van der Waals surface area contributed by atoms with Crippen LogP contribution in [0.3, 0.4) is 0 Å². The molecule has 1 aromatic rings. The van der Waals surface area contributed by atoms with Gasteiger partial charge in [0.25, 0.3) is 0 Å². The maximum atomic E-state index is 10.7. The lowest BCUT2D eigenvalue weighted by Gasteiger charge is -2.16. The third kappa shape index (κ3) is 19.8. The molecule has 1 heterocycles. The van der Waals surface area contributed by atoms with Gasteiger partial charge in [0.2, 0.25) is 0 Å². The monoisotopic (exact) mass is 270 g/mol. The lowest BCUT2D eigenvalue weighted by atomic mass is 10.3. The number of hydrogen-bond donors (Lipinski definition) is 1. The molecule has 0 bridgehead atoms. The lowest BCUT2D eigenvalue weighted by Crippen LogP contribution is -2.33. The summed E-state index contributed by atoms with van der Waals surface area (Å²) in [6.45, 7) is 0. The van der Waals surface area contributed by atoms with E-state index in [9.17, 15) is 22.1 Å². The van der Waals surface area contributed by atoms with Gasteiger partial charge in [0.1, 0.15) is 0 Å². The van der Waals surface area contributed by atoms with E-state index in [0.29, 0.717) is 0 Å². The molecule has 9 heteroatoms. The summed E-state index contributed by atoms with van der Waals surface area (Å²) in [4.78, 5) is 16.6. The molecule has 0 unspecified atom stereocenters. The minimum absolute atomic E-state index is 0.0185. The van der Waals surface area contributed by atoms with Gasteiger partial charge in [0, 0.05) is 40.6 Å². The number of amides is 2. The van der Waals surface area contributed by atoms with Crippen molar-refractivity contribution in [2.24, 2.45) is 0 Å². The molecule has 0 fully saturated rings. The first-order chi connectivity index (χ1) is 8.05. The van der Waals surface area contributed by atoms with E-state index < -0.39 is 7.25 Å². The van der Waals surface area contributed by atoms with Crippen LogP contribution in [0, 0.1) is 0 Å². The van der Waals surface area contributed by atoms with Crippen LogP contribution in [0.4, 0.5) is 22.1 Å². The van der Waals surface area contributed by atoms with Crippen molar-refractivity contribution in [3.63, 3.8) is 0 Å². The first kappa shape index (κ1) is 18.7. The number of aromatic amines is 1. The number of aromatic nitrogens is 1. The van der Waals surface area contributed by atoms with Crippen LogP contribution in [0.15, 0.2) is 24.5 Å². The molecule has 0 aromatic carbocycles. The lowest BCUT2D eigenvalue weighted by molar-refractivity contribution is 0.191. The second-order valence-corrected chi connectivity index (χ2v) is 3.45. The van der Waals surface area contributed by atoms with Crippen LogP contribution in [-0.4, -0.2) is 56.3 Å². The van der Waals surface area contributed by atoms with E-state index in [0.717, 1.165) is 0 Å². The minimum Gasteiger partial charge on any atom is -0.418 e. The van der Waals surface area contributed by atoms with Gasteiger partial charge in [-0.1, -0.05) is 0 Å². The second kappa shape index (κ2) is 9.37. The van der Waals surface area contributed by atoms with Gasteiger partial charge in [-0.25, -0.2) is 4.79 Å². The van der Waals surface area contributed by atoms with Crippen molar-refractivity contribution in [2.75, 3.05) is 28.2 Å². The molecule has 0 aliphatic heterocycles. The van der Waals surface area contributed by atoms with Crippen LogP contribution >= 0.6 is 0 Å². The SMILES string of the molecule is CN(C)C(=O)N(C)C.F[B-](F)(F)F.c1cc[nH]c1. The number of nitrogens with one attached hydrogen (secondary N) is 1. The van der Waals surface area contributed by atoms with Gasteiger partial charge in [0.15, 0.2) is 0 Å². The number of halogens is 4. The number of H-pyrrole nitrogens is 1. The fraction of sp³-hybridized carbons (Fsp3) is 0.444. The molecular weight excluding hydrogens is 253 g/mol. The molecule has 1 N–H and O–H groups in total. The summed E-state index contributed by atoms with van der Waals surface area (Å²) in [5.41, 5.74) is 0. The van der Waals surface area contributed by atoms with Crippen molar-refractivity contribution in [1.82, 2.24) is 14.8 Å². The summed E-state index contributed by atoms with van der Waals surface area (Å²) >= 11 is 0. The van der Waals surface area contributed by atoms with Gasteiger partial charge in [-0.3, -0.25) is 0 Å². The second-order valence-electron chi connectivity index (χ2n) is 3.45. The van der Waals surface area contributed by atoms with Crippen LogP contribution in [-0.2, 0) is 0 Å². The average molecular weight is 270 g/mol. The maximum absolute atomic E-state index is 10.7. The largest absolute Gasteiger partial charge is 0.673 e. The van der Waals surface area contributed by atoms with Crippen LogP contribution < -0.4 is 0 Å². The van der Waals surface area contributed by atoms with Crippen LogP contribution in [0.5, 0.6) is 0 Å². The standard InChI is InChI=1S/C5H12N2O.C4H5N.BF4/c1-6(2)5(8)7(3)4;1-2-4-5-3-1;2-1(3,4)5/h1-4H3;1-5H;/q;;-1. The number of carbonyl (C=O) groups is 1. The minimum atomic E-state index is -6.00. The Bertz CT molecular complexity index is 268. The topological polar surface area (TPSA) is 39.3 Å². The summed E-state index contributed by atoms with van der Waals surface area (Å²) in [6, 6.07) is 3.91. The fourth-order valence-electron chi connectivity index (χ4n) is 0.678. The molecule has 1 rings (SSSR count). The molecule has 1 aromatic heterocycles. The molecule has 0 saturated carbocycles. The van der Waals surface area contributed by atoms with E-state index >= 15 is 0 Å². The summed E-state index contributed by atoms with van der Waals surface area (Å²) in [6.07, 6.45) is 3.75. The number of carbonyl (C=O) groups excluding carboxylic acids is 1. The Morgan fingerprint density at radius 1 is 0.944 bits per heavy atom. The average Bonchev–Trinajstić information content (AvgIpc) is 2.71. The third-order valence-corrected chi connectivity index (χ3v) is 1.26. The van der Waals surface area contributed by atoms with E-state index in [1.807, 2.05) is 24.5 Å². The molecule has 0 saturated heterocycles. The van der Waals surface area contributed by atoms with E-state index in [-0.39, 0.29) is 6.03 Å². The summed E-state index contributed by atoms with van der Waals surface area (Å²) in [7, 11) is 0.898. The Morgan fingerprint density at radius 2 is 1.22 bits per heavy atom. The van der Waals surface area contributed by atoms with Gasteiger partial charge >= 0.3 is 13.3 Å². The zero-order chi connectivity index (χ0) is 14.8. The highest BCUT2D eigenvalue weighted by Gasteiger charge is 2.20. The molecule has 106 valence electrons. The van der Waals surface area contributed by atoms with Crippen LogP contribution in [0.1, 0.15) is 0 Å². The van der Waals surface area contributed by atoms with E-state index in [2.05, 4.69) is 4.98 Å². The molecule has 0 spiro atoms. The first-order valence-electron chi connectivity index (χ1n) is 4.89. The third-order valence-electron chi connectivity index (χ3n) is 1.26. The molecule has 0 atom stereocenters. The van der Waals surface area contributed by atoms with E-state index in [1.54, 1.807) is 28.2 Å². The van der Waals surface area contributed by atoms with Crippen molar-refractivity contribution in [3.05, 3.63) is 24.5 Å². The fourth-order valence-corrected chi connectivity index (χ4v) is 0.678. The molecule has 0 aliphatic carbocycles. The predicted octanol–water partition coefficient (Wildman–Crippen LogP) is 2.54. The van der Waals surface area contributed by atoms with Gasteiger partial charge in [0.05, 0.1) is 0 Å². The predicted molar refractivity (Wildman–Crippen MR) is 63.7 cm³/mol. The van der Waals surface area contributed by atoms with Crippen molar-refractivity contribution in [1.29, 1.82) is 0 Å². The summed E-state index contributed by atoms with van der Waals surface area (Å²) in [5, 5.41) is 0. The number of rotatable bonds is 0. The molecule has 2 amide bonds. The zero-order valence-electron chi connectivity index (χ0n) is 10.7. The number of hydrogen-bond acceptors (Lipinski definition) is 1. The highest BCUT2D eigenvalue weighted by molar-refractivity contribution is 6.50. The Labute approximate surface area is 104 Å². The van der Waals surface area contributed by atoms with Crippen LogP contribution in [0.2, 0.25) is 0 Å². The van der Waals surface area contributed by atoms with Crippen molar-refractivity contribution in [2.45, 2.75) is 0 Å². The summed E-state index contributed by atoms with van der Waals surface area (Å²) in [5.74, 6) is 0. The van der Waals surface area contributed by atoms with Gasteiger partial charge in [-0.15, -0.1) is 0 Å².